The van der Waals surface area contributed by atoms with Crippen molar-refractivity contribution in [2.75, 3.05) is 0 Å². The first-order valence-electron chi connectivity index (χ1n) is 8.83. The van der Waals surface area contributed by atoms with Gasteiger partial charge in [0, 0.05) is 30.9 Å². The molecule has 4 rings (SSSR count). The average molecular weight is 356 g/mol. The van der Waals surface area contributed by atoms with E-state index in [1.807, 2.05) is 73.1 Å². The molecule has 0 radical (unpaired) electrons. The molecule has 134 valence electrons. The first-order chi connectivity index (χ1) is 13.1. The van der Waals surface area contributed by atoms with E-state index in [4.69, 9.17) is 0 Å². The molecule has 0 bridgehead atoms. The highest BCUT2D eigenvalue weighted by molar-refractivity contribution is 5.95. The smallest absolute Gasteiger partial charge is 0.251 e. The summed E-state index contributed by atoms with van der Waals surface area (Å²) in [5, 5.41) is 2.98. The monoisotopic (exact) mass is 356 g/mol. The second-order valence-electron chi connectivity index (χ2n) is 6.59. The van der Waals surface area contributed by atoms with Gasteiger partial charge in [0.15, 0.2) is 5.65 Å². The van der Waals surface area contributed by atoms with E-state index in [-0.39, 0.29) is 5.91 Å². The maximum Gasteiger partial charge on any atom is 0.251 e. The number of nitrogens with one attached hydrogen (secondary N) is 1. The summed E-state index contributed by atoms with van der Waals surface area (Å²) in [6, 6.07) is 19.4. The predicted molar refractivity (Wildman–Crippen MR) is 106 cm³/mol. The Morgan fingerprint density at radius 2 is 1.93 bits per heavy atom. The number of hydrogen-bond acceptors (Lipinski definition) is 3. The fourth-order valence-corrected chi connectivity index (χ4v) is 3.19. The van der Waals surface area contributed by atoms with Gasteiger partial charge in [0.05, 0.1) is 0 Å². The van der Waals surface area contributed by atoms with Gasteiger partial charge >= 0.3 is 0 Å². The van der Waals surface area contributed by atoms with Crippen LogP contribution in [0.1, 0.15) is 21.5 Å². The third-order valence-electron chi connectivity index (χ3n) is 4.55. The van der Waals surface area contributed by atoms with E-state index in [0.29, 0.717) is 12.1 Å². The van der Waals surface area contributed by atoms with Crippen molar-refractivity contribution in [3.05, 3.63) is 83.6 Å². The van der Waals surface area contributed by atoms with Crippen molar-refractivity contribution in [1.82, 2.24) is 19.9 Å². The van der Waals surface area contributed by atoms with Crippen molar-refractivity contribution in [2.45, 2.75) is 13.5 Å². The van der Waals surface area contributed by atoms with Crippen LogP contribution in [0.25, 0.3) is 22.6 Å². The summed E-state index contributed by atoms with van der Waals surface area (Å²) in [4.78, 5) is 21.6. The Kier molecular flexibility index (Phi) is 4.42. The number of rotatable bonds is 4. The molecule has 2 aromatic carbocycles. The highest BCUT2D eigenvalue weighted by atomic mass is 16.1. The molecule has 0 saturated carbocycles. The molecule has 5 nitrogen and oxygen atoms in total. The predicted octanol–water partition coefficient (Wildman–Crippen LogP) is 3.87. The standard InChI is InChI=1S/C22H20N4O/c1-15-6-3-7-16(12-15)14-24-22(27)18-9-4-8-17(13-18)20-25-19-10-5-11-23-21(19)26(20)2/h3-13H,14H2,1-2H3,(H,24,27). The molecule has 27 heavy (non-hydrogen) atoms. The third-order valence-corrected chi connectivity index (χ3v) is 4.55. The molecule has 0 spiro atoms. The number of carbonyl (C=O) groups is 1. The molecule has 0 atom stereocenters. The number of carbonyl (C=O) groups excluding carboxylic acids is 1. The van der Waals surface area contributed by atoms with E-state index in [2.05, 4.69) is 21.4 Å². The number of nitrogens with zero attached hydrogens (tertiary/aromatic N) is 3. The van der Waals surface area contributed by atoms with Crippen molar-refractivity contribution in [3.63, 3.8) is 0 Å². The summed E-state index contributed by atoms with van der Waals surface area (Å²) in [5.74, 6) is 0.687. The van der Waals surface area contributed by atoms with Crippen LogP contribution in [0.5, 0.6) is 0 Å². The van der Waals surface area contributed by atoms with Gasteiger partial charge < -0.3 is 9.88 Å². The molecular weight excluding hydrogens is 336 g/mol. The molecule has 2 aromatic heterocycles. The Balaban J connectivity index is 1.58. The molecular formula is C22H20N4O. The number of imidazole rings is 1. The summed E-state index contributed by atoms with van der Waals surface area (Å²) in [6.07, 6.45) is 1.75. The first kappa shape index (κ1) is 17.0. The summed E-state index contributed by atoms with van der Waals surface area (Å²) < 4.78 is 1.94. The minimum Gasteiger partial charge on any atom is -0.348 e. The molecule has 5 heteroatoms. The van der Waals surface area contributed by atoms with Crippen LogP contribution in [-0.2, 0) is 13.6 Å². The normalized spacial score (nSPS) is 10.9. The van der Waals surface area contributed by atoms with Gasteiger partial charge in [-0.25, -0.2) is 9.97 Å². The lowest BCUT2D eigenvalue weighted by Crippen LogP contribution is -2.22. The molecule has 0 aliphatic heterocycles. The summed E-state index contributed by atoms with van der Waals surface area (Å²) >= 11 is 0. The minimum atomic E-state index is -0.102. The SMILES string of the molecule is Cc1cccc(CNC(=O)c2cccc(-c3nc4cccnc4n3C)c2)c1. The van der Waals surface area contributed by atoms with Gasteiger partial charge in [-0.2, -0.15) is 0 Å². The molecule has 0 aliphatic rings. The number of fused-ring (bicyclic) bond motifs is 1. The van der Waals surface area contributed by atoms with Gasteiger partial charge in [-0.1, -0.05) is 42.0 Å². The quantitative estimate of drug-likeness (QED) is 0.604. The lowest BCUT2D eigenvalue weighted by molar-refractivity contribution is 0.0951. The molecule has 0 saturated heterocycles. The van der Waals surface area contributed by atoms with Crippen molar-refractivity contribution >= 4 is 17.1 Å². The van der Waals surface area contributed by atoms with Gasteiger partial charge in [0.2, 0.25) is 0 Å². The van der Waals surface area contributed by atoms with Gasteiger partial charge in [-0.15, -0.1) is 0 Å². The van der Waals surface area contributed by atoms with E-state index in [9.17, 15) is 4.79 Å². The van der Waals surface area contributed by atoms with Crippen LogP contribution in [0.15, 0.2) is 66.9 Å². The topological polar surface area (TPSA) is 59.8 Å². The van der Waals surface area contributed by atoms with Crippen molar-refractivity contribution in [3.8, 4) is 11.4 Å². The van der Waals surface area contributed by atoms with Crippen LogP contribution in [0.3, 0.4) is 0 Å². The maximum absolute atomic E-state index is 12.6. The Bertz CT molecular complexity index is 1130. The number of hydrogen-bond donors (Lipinski definition) is 1. The Morgan fingerprint density at radius 3 is 2.74 bits per heavy atom. The largest absolute Gasteiger partial charge is 0.348 e. The molecule has 4 aromatic rings. The Labute approximate surface area is 157 Å². The lowest BCUT2D eigenvalue weighted by atomic mass is 10.1. The zero-order valence-electron chi connectivity index (χ0n) is 15.3. The average Bonchev–Trinajstić information content (AvgIpc) is 3.03. The second-order valence-corrected chi connectivity index (χ2v) is 6.59. The summed E-state index contributed by atoms with van der Waals surface area (Å²) in [6.45, 7) is 2.54. The molecule has 2 heterocycles. The van der Waals surface area contributed by atoms with Gasteiger partial charge in [0.25, 0.3) is 5.91 Å². The van der Waals surface area contributed by atoms with E-state index < -0.39 is 0 Å². The van der Waals surface area contributed by atoms with Crippen LogP contribution in [0, 0.1) is 6.92 Å². The Hall–Kier alpha value is -3.47. The van der Waals surface area contributed by atoms with E-state index in [1.54, 1.807) is 6.20 Å². The van der Waals surface area contributed by atoms with Crippen LogP contribution in [-0.4, -0.2) is 20.4 Å². The second kappa shape index (κ2) is 7.03. The third kappa shape index (κ3) is 3.44. The fourth-order valence-electron chi connectivity index (χ4n) is 3.19. The highest BCUT2D eigenvalue weighted by Crippen LogP contribution is 2.23. The number of benzene rings is 2. The highest BCUT2D eigenvalue weighted by Gasteiger charge is 2.13. The molecule has 1 amide bonds. The minimum absolute atomic E-state index is 0.102. The number of pyridine rings is 1. The van der Waals surface area contributed by atoms with Gasteiger partial charge in [-0.05, 0) is 36.8 Å². The summed E-state index contributed by atoms with van der Waals surface area (Å²) in [5.41, 5.74) is 5.42. The van der Waals surface area contributed by atoms with E-state index >= 15 is 0 Å². The van der Waals surface area contributed by atoms with Crippen LogP contribution >= 0.6 is 0 Å². The Morgan fingerprint density at radius 1 is 1.07 bits per heavy atom. The fraction of sp³-hybridized carbons (Fsp3) is 0.136. The molecule has 0 unspecified atom stereocenters. The lowest BCUT2D eigenvalue weighted by Gasteiger charge is -2.08. The number of amides is 1. The van der Waals surface area contributed by atoms with Gasteiger partial charge in [-0.3, -0.25) is 4.79 Å². The maximum atomic E-state index is 12.6. The van der Waals surface area contributed by atoms with E-state index in [0.717, 1.165) is 28.1 Å². The van der Waals surface area contributed by atoms with Crippen LogP contribution < -0.4 is 5.32 Å². The first-order valence-corrected chi connectivity index (χ1v) is 8.83. The van der Waals surface area contributed by atoms with Crippen LogP contribution in [0.4, 0.5) is 0 Å². The molecule has 1 N–H and O–H groups in total. The molecule has 0 aliphatic carbocycles. The summed E-state index contributed by atoms with van der Waals surface area (Å²) in [7, 11) is 1.93. The van der Waals surface area contributed by atoms with Crippen molar-refractivity contribution in [2.24, 2.45) is 7.05 Å². The van der Waals surface area contributed by atoms with Gasteiger partial charge in [0.1, 0.15) is 11.3 Å². The van der Waals surface area contributed by atoms with E-state index in [1.165, 1.54) is 5.56 Å². The zero-order valence-corrected chi connectivity index (χ0v) is 15.3. The zero-order chi connectivity index (χ0) is 18.8. The van der Waals surface area contributed by atoms with Crippen molar-refractivity contribution < 1.29 is 4.79 Å². The van der Waals surface area contributed by atoms with Crippen LogP contribution in [0.2, 0.25) is 0 Å². The number of aryl methyl sites for hydroxylation is 2. The molecule has 0 fully saturated rings. The number of aromatic nitrogens is 3. The van der Waals surface area contributed by atoms with Crippen molar-refractivity contribution in [1.29, 1.82) is 0 Å².